The van der Waals surface area contributed by atoms with Crippen molar-refractivity contribution in [1.82, 2.24) is 16.2 Å². The van der Waals surface area contributed by atoms with Gasteiger partial charge in [-0.2, -0.15) is 0 Å². The lowest BCUT2D eigenvalue weighted by atomic mass is 10.0. The summed E-state index contributed by atoms with van der Waals surface area (Å²) < 4.78 is 0. The van der Waals surface area contributed by atoms with E-state index in [1.165, 1.54) is 5.56 Å². The van der Waals surface area contributed by atoms with Gasteiger partial charge >= 0.3 is 0 Å². The Bertz CT molecular complexity index is 881. The number of nitrogens with zero attached hydrogens (tertiary/aromatic N) is 1. The molecule has 3 N–H and O–H groups in total. The lowest BCUT2D eigenvalue weighted by molar-refractivity contribution is -0.127. The standard InChI is InChI=1S/C21H24N4O3/c1-15-6-4-8-17(12-15)21(28)22-13-19(26)23-24-20(27)14-25-11-5-9-16-7-2-3-10-18(16)25/h2-4,6-8,10,12H,5,9,11,13-14H2,1H3,(H,22,28)(H,23,26)(H,24,27). The van der Waals surface area contributed by atoms with Crippen molar-refractivity contribution in [1.29, 1.82) is 0 Å². The molecule has 0 saturated carbocycles. The van der Waals surface area contributed by atoms with E-state index < -0.39 is 5.91 Å². The number of carbonyl (C=O) groups excluding carboxylic acids is 3. The quantitative estimate of drug-likeness (QED) is 0.683. The maximum atomic E-state index is 12.2. The minimum atomic E-state index is -0.492. The molecule has 0 saturated heterocycles. The maximum Gasteiger partial charge on any atom is 0.257 e. The topological polar surface area (TPSA) is 90.5 Å². The van der Waals surface area contributed by atoms with E-state index in [9.17, 15) is 14.4 Å². The highest BCUT2D eigenvalue weighted by Gasteiger charge is 2.18. The first-order valence-electron chi connectivity index (χ1n) is 9.28. The molecule has 0 bridgehead atoms. The van der Waals surface area contributed by atoms with E-state index in [-0.39, 0.29) is 24.9 Å². The second kappa shape index (κ2) is 9.03. The lowest BCUT2D eigenvalue weighted by Crippen LogP contribution is -2.49. The highest BCUT2D eigenvalue weighted by Crippen LogP contribution is 2.26. The number of amides is 3. The number of para-hydroxylation sites is 1. The molecule has 28 heavy (non-hydrogen) atoms. The number of hydrogen-bond donors (Lipinski definition) is 3. The van der Waals surface area contributed by atoms with Gasteiger partial charge in [-0.05, 0) is 43.5 Å². The Morgan fingerprint density at radius 2 is 1.79 bits per heavy atom. The molecule has 0 unspecified atom stereocenters. The van der Waals surface area contributed by atoms with Crippen LogP contribution in [0.3, 0.4) is 0 Å². The SMILES string of the molecule is Cc1cccc(C(=O)NCC(=O)NNC(=O)CN2CCCc3ccccc32)c1. The van der Waals surface area contributed by atoms with Gasteiger partial charge in [0.1, 0.15) is 0 Å². The van der Waals surface area contributed by atoms with E-state index in [0.717, 1.165) is 30.6 Å². The predicted molar refractivity (Wildman–Crippen MR) is 107 cm³/mol. The minimum Gasteiger partial charge on any atom is -0.362 e. The zero-order chi connectivity index (χ0) is 19.9. The number of nitrogens with one attached hydrogen (secondary N) is 3. The zero-order valence-corrected chi connectivity index (χ0v) is 15.8. The molecule has 0 aliphatic carbocycles. The Morgan fingerprint density at radius 3 is 2.61 bits per heavy atom. The fourth-order valence-corrected chi connectivity index (χ4v) is 3.22. The van der Waals surface area contributed by atoms with Crippen LogP contribution in [0.1, 0.15) is 27.9 Å². The van der Waals surface area contributed by atoms with Crippen LogP contribution in [0, 0.1) is 6.92 Å². The van der Waals surface area contributed by atoms with Crippen molar-refractivity contribution in [3.63, 3.8) is 0 Å². The Hall–Kier alpha value is -3.35. The molecule has 7 heteroatoms. The third-order valence-corrected chi connectivity index (χ3v) is 4.57. The molecule has 0 aromatic heterocycles. The van der Waals surface area contributed by atoms with Crippen LogP contribution in [0.4, 0.5) is 5.69 Å². The van der Waals surface area contributed by atoms with Crippen molar-refractivity contribution in [2.45, 2.75) is 19.8 Å². The van der Waals surface area contributed by atoms with Crippen LogP contribution in [-0.4, -0.2) is 37.4 Å². The third kappa shape index (κ3) is 5.09. The van der Waals surface area contributed by atoms with Gasteiger partial charge in [0.15, 0.2) is 0 Å². The fourth-order valence-electron chi connectivity index (χ4n) is 3.22. The summed E-state index contributed by atoms with van der Waals surface area (Å²) in [6, 6.07) is 15.1. The molecule has 3 amide bonds. The summed E-state index contributed by atoms with van der Waals surface area (Å²) in [6.45, 7) is 2.62. The monoisotopic (exact) mass is 380 g/mol. The van der Waals surface area contributed by atoms with Crippen molar-refractivity contribution < 1.29 is 14.4 Å². The molecule has 0 fully saturated rings. The molecule has 2 aromatic carbocycles. The first-order valence-corrected chi connectivity index (χ1v) is 9.28. The van der Waals surface area contributed by atoms with E-state index in [2.05, 4.69) is 22.2 Å². The fraction of sp³-hybridized carbons (Fsp3) is 0.286. The maximum absolute atomic E-state index is 12.2. The molecule has 3 rings (SSSR count). The molecule has 7 nitrogen and oxygen atoms in total. The number of carbonyl (C=O) groups is 3. The summed E-state index contributed by atoms with van der Waals surface area (Å²) in [5, 5.41) is 2.53. The largest absolute Gasteiger partial charge is 0.362 e. The van der Waals surface area contributed by atoms with Gasteiger partial charge in [0.05, 0.1) is 13.1 Å². The molecule has 0 atom stereocenters. The van der Waals surface area contributed by atoms with Gasteiger partial charge in [0.25, 0.3) is 17.7 Å². The van der Waals surface area contributed by atoms with E-state index >= 15 is 0 Å². The molecule has 146 valence electrons. The summed E-state index contributed by atoms with van der Waals surface area (Å²) in [5.74, 6) is -1.14. The van der Waals surface area contributed by atoms with Crippen LogP contribution in [0.2, 0.25) is 0 Å². The molecular formula is C21H24N4O3. The van der Waals surface area contributed by atoms with Gasteiger partial charge in [-0.25, -0.2) is 0 Å². The second-order valence-corrected chi connectivity index (χ2v) is 6.80. The number of hydrazine groups is 1. The molecule has 1 aliphatic rings. The third-order valence-electron chi connectivity index (χ3n) is 4.57. The van der Waals surface area contributed by atoms with E-state index in [4.69, 9.17) is 0 Å². The van der Waals surface area contributed by atoms with Gasteiger partial charge in [-0.15, -0.1) is 0 Å². The summed E-state index contributed by atoms with van der Waals surface area (Å²) in [4.78, 5) is 38.1. The summed E-state index contributed by atoms with van der Waals surface area (Å²) in [6.07, 6.45) is 1.99. The molecular weight excluding hydrogens is 356 g/mol. The summed E-state index contributed by atoms with van der Waals surface area (Å²) in [7, 11) is 0. The van der Waals surface area contributed by atoms with Crippen molar-refractivity contribution in [2.75, 3.05) is 24.5 Å². The number of hydrogen-bond acceptors (Lipinski definition) is 4. The van der Waals surface area contributed by atoms with Crippen molar-refractivity contribution in [2.24, 2.45) is 0 Å². The van der Waals surface area contributed by atoms with Crippen molar-refractivity contribution in [3.8, 4) is 0 Å². The Labute approximate surface area is 164 Å². The van der Waals surface area contributed by atoms with E-state index in [0.29, 0.717) is 5.56 Å². The molecule has 1 heterocycles. The van der Waals surface area contributed by atoms with Crippen LogP contribution in [0.25, 0.3) is 0 Å². The predicted octanol–water partition coefficient (Wildman–Crippen LogP) is 1.33. The van der Waals surface area contributed by atoms with Crippen molar-refractivity contribution in [3.05, 3.63) is 65.2 Å². The molecule has 0 radical (unpaired) electrons. The highest BCUT2D eigenvalue weighted by molar-refractivity contribution is 5.96. The summed E-state index contributed by atoms with van der Waals surface area (Å²) >= 11 is 0. The highest BCUT2D eigenvalue weighted by atomic mass is 16.2. The number of anilines is 1. The Kier molecular flexibility index (Phi) is 6.26. The second-order valence-electron chi connectivity index (χ2n) is 6.80. The van der Waals surface area contributed by atoms with E-state index in [1.807, 2.05) is 36.1 Å². The number of benzene rings is 2. The van der Waals surface area contributed by atoms with Gasteiger partial charge in [-0.1, -0.05) is 35.9 Å². The van der Waals surface area contributed by atoms with Crippen molar-refractivity contribution >= 4 is 23.4 Å². The molecule has 0 spiro atoms. The van der Waals surface area contributed by atoms with Crippen LogP contribution in [0.5, 0.6) is 0 Å². The van der Waals surface area contributed by atoms with Crippen LogP contribution in [-0.2, 0) is 16.0 Å². The lowest BCUT2D eigenvalue weighted by Gasteiger charge is -2.30. The molecule has 1 aliphatic heterocycles. The van der Waals surface area contributed by atoms with Gasteiger partial charge in [-0.3, -0.25) is 25.2 Å². The van der Waals surface area contributed by atoms with Crippen LogP contribution >= 0.6 is 0 Å². The van der Waals surface area contributed by atoms with Gasteiger partial charge in [0.2, 0.25) is 0 Å². The summed E-state index contributed by atoms with van der Waals surface area (Å²) in [5.41, 5.74) is 8.47. The smallest absolute Gasteiger partial charge is 0.257 e. The van der Waals surface area contributed by atoms with Crippen LogP contribution in [0.15, 0.2) is 48.5 Å². The Balaban J connectivity index is 1.42. The Morgan fingerprint density at radius 1 is 1.00 bits per heavy atom. The number of rotatable bonds is 5. The average Bonchev–Trinajstić information content (AvgIpc) is 2.71. The van der Waals surface area contributed by atoms with Gasteiger partial charge < -0.3 is 10.2 Å². The number of aryl methyl sites for hydroxylation is 2. The minimum absolute atomic E-state index is 0.160. The van der Waals surface area contributed by atoms with Gasteiger partial charge in [0, 0.05) is 17.8 Å². The first kappa shape index (κ1) is 19.4. The normalized spacial score (nSPS) is 12.7. The first-order chi connectivity index (χ1) is 13.5. The van der Waals surface area contributed by atoms with E-state index in [1.54, 1.807) is 18.2 Å². The number of fused-ring (bicyclic) bond motifs is 1. The zero-order valence-electron chi connectivity index (χ0n) is 15.8. The van der Waals surface area contributed by atoms with Crippen LogP contribution < -0.4 is 21.1 Å². The molecule has 2 aromatic rings. The average molecular weight is 380 g/mol.